The molecule has 0 spiro atoms. The standard InChI is InChI=1S/C7H6N2O2/c10-9(11)8-6-7-4-2-1-3-5-7/h1-6H. The zero-order valence-electron chi connectivity index (χ0n) is 5.68. The van der Waals surface area contributed by atoms with Gasteiger partial charge in [-0.15, -0.1) is 0 Å². The van der Waals surface area contributed by atoms with Gasteiger partial charge in [-0.25, -0.2) is 10.1 Å². The third-order valence-electron chi connectivity index (χ3n) is 1.10. The summed E-state index contributed by atoms with van der Waals surface area (Å²) in [4.78, 5) is 9.78. The molecule has 0 amide bonds. The molecule has 0 aromatic heterocycles. The zero-order valence-corrected chi connectivity index (χ0v) is 5.68. The predicted octanol–water partition coefficient (Wildman–Crippen LogP) is 1.30. The number of benzene rings is 1. The summed E-state index contributed by atoms with van der Waals surface area (Å²) in [5.74, 6) is 0. The van der Waals surface area contributed by atoms with Crippen molar-refractivity contribution in [3.05, 3.63) is 46.0 Å². The molecule has 0 heterocycles. The lowest BCUT2D eigenvalue weighted by Crippen LogP contribution is -1.87. The van der Waals surface area contributed by atoms with E-state index in [1.165, 1.54) is 6.21 Å². The van der Waals surface area contributed by atoms with Gasteiger partial charge < -0.3 is 0 Å². The van der Waals surface area contributed by atoms with Crippen LogP contribution in [0, 0.1) is 10.1 Å². The maximum Gasteiger partial charge on any atom is 0.190 e. The van der Waals surface area contributed by atoms with Crippen LogP contribution in [0.1, 0.15) is 5.56 Å². The quantitative estimate of drug-likeness (QED) is 0.362. The Morgan fingerprint density at radius 2 is 2.00 bits per heavy atom. The summed E-state index contributed by atoms with van der Waals surface area (Å²) in [6.07, 6.45) is 1.21. The van der Waals surface area contributed by atoms with Crippen molar-refractivity contribution in [2.75, 3.05) is 0 Å². The van der Waals surface area contributed by atoms with Gasteiger partial charge in [0.2, 0.25) is 0 Å². The molecule has 0 aliphatic rings. The van der Waals surface area contributed by atoms with Crippen LogP contribution < -0.4 is 0 Å². The van der Waals surface area contributed by atoms with Crippen molar-refractivity contribution in [3.63, 3.8) is 0 Å². The molecule has 4 nitrogen and oxygen atoms in total. The molecule has 11 heavy (non-hydrogen) atoms. The van der Waals surface area contributed by atoms with E-state index in [4.69, 9.17) is 0 Å². The molecule has 0 aliphatic heterocycles. The molecule has 0 saturated heterocycles. The number of hydrogen-bond donors (Lipinski definition) is 0. The van der Waals surface area contributed by atoms with Crippen LogP contribution in [0.3, 0.4) is 0 Å². The van der Waals surface area contributed by atoms with Crippen LogP contribution in [0.4, 0.5) is 0 Å². The lowest BCUT2D eigenvalue weighted by atomic mass is 10.2. The smallest absolute Gasteiger partial charge is 0.190 e. The van der Waals surface area contributed by atoms with E-state index in [9.17, 15) is 10.1 Å². The summed E-state index contributed by atoms with van der Waals surface area (Å²) in [6, 6.07) is 8.91. The molecule has 0 unspecified atom stereocenters. The van der Waals surface area contributed by atoms with Crippen molar-refractivity contribution < 1.29 is 5.03 Å². The van der Waals surface area contributed by atoms with Gasteiger partial charge in [-0.3, -0.25) is 0 Å². The van der Waals surface area contributed by atoms with Gasteiger partial charge in [0, 0.05) is 0 Å². The molecule has 0 aliphatic carbocycles. The fourth-order valence-electron chi connectivity index (χ4n) is 0.653. The first-order valence-corrected chi connectivity index (χ1v) is 3.02. The molecule has 0 fully saturated rings. The molecule has 0 bridgehead atoms. The van der Waals surface area contributed by atoms with Crippen molar-refractivity contribution >= 4 is 6.21 Å². The van der Waals surface area contributed by atoms with Crippen molar-refractivity contribution in [3.8, 4) is 0 Å². The maximum atomic E-state index is 9.78. The molecule has 1 aromatic carbocycles. The van der Waals surface area contributed by atoms with Gasteiger partial charge in [0.15, 0.2) is 5.03 Å². The number of hydrazone groups is 1. The van der Waals surface area contributed by atoms with Gasteiger partial charge in [-0.2, -0.15) is 0 Å². The summed E-state index contributed by atoms with van der Waals surface area (Å²) in [5, 5.41) is 12.0. The second-order valence-corrected chi connectivity index (χ2v) is 1.89. The van der Waals surface area contributed by atoms with E-state index in [1.807, 2.05) is 6.07 Å². The largest absolute Gasteiger partial charge is 0.233 e. The summed E-state index contributed by atoms with van der Waals surface area (Å²) in [6.45, 7) is 0. The highest BCUT2D eigenvalue weighted by atomic mass is 16.7. The number of nitro groups is 1. The first kappa shape index (κ1) is 7.40. The minimum atomic E-state index is -0.729. The lowest BCUT2D eigenvalue weighted by molar-refractivity contribution is -0.484. The molecule has 4 heteroatoms. The zero-order chi connectivity index (χ0) is 8.10. The van der Waals surface area contributed by atoms with Gasteiger partial charge in [-0.1, -0.05) is 30.3 Å². The third kappa shape index (κ3) is 2.57. The summed E-state index contributed by atoms with van der Waals surface area (Å²) < 4.78 is 0. The fourth-order valence-corrected chi connectivity index (χ4v) is 0.653. The van der Waals surface area contributed by atoms with Gasteiger partial charge in [-0.05, 0) is 5.56 Å². The molecule has 0 atom stereocenters. The Balaban J connectivity index is 2.72. The summed E-state index contributed by atoms with van der Waals surface area (Å²) in [7, 11) is 0. The Bertz CT molecular complexity index is 269. The summed E-state index contributed by atoms with van der Waals surface area (Å²) >= 11 is 0. The number of rotatable bonds is 2. The minimum absolute atomic E-state index is 0.726. The van der Waals surface area contributed by atoms with Gasteiger partial charge >= 0.3 is 0 Å². The van der Waals surface area contributed by atoms with E-state index in [0.29, 0.717) is 0 Å². The van der Waals surface area contributed by atoms with Gasteiger partial charge in [0.25, 0.3) is 0 Å². The first-order valence-electron chi connectivity index (χ1n) is 3.02. The van der Waals surface area contributed by atoms with Crippen molar-refractivity contribution in [2.24, 2.45) is 5.10 Å². The predicted molar refractivity (Wildman–Crippen MR) is 41.0 cm³/mol. The van der Waals surface area contributed by atoms with Crippen LogP contribution >= 0.6 is 0 Å². The van der Waals surface area contributed by atoms with Crippen LogP contribution in [0.15, 0.2) is 35.4 Å². The number of hydrogen-bond acceptors (Lipinski definition) is 2. The summed E-state index contributed by atoms with van der Waals surface area (Å²) in [5.41, 5.74) is 0.726. The highest BCUT2D eigenvalue weighted by molar-refractivity contribution is 5.78. The third-order valence-corrected chi connectivity index (χ3v) is 1.10. The van der Waals surface area contributed by atoms with E-state index in [0.717, 1.165) is 5.56 Å². The van der Waals surface area contributed by atoms with E-state index in [1.54, 1.807) is 24.3 Å². The van der Waals surface area contributed by atoms with Crippen LogP contribution in [0.25, 0.3) is 0 Å². The average Bonchev–Trinajstić information content (AvgIpc) is 2.03. The highest BCUT2D eigenvalue weighted by Crippen LogP contribution is 1.93. The Labute approximate surface area is 63.3 Å². The van der Waals surface area contributed by atoms with Crippen molar-refractivity contribution in [1.82, 2.24) is 0 Å². The normalized spacial score (nSPS) is 10.2. The van der Waals surface area contributed by atoms with Gasteiger partial charge in [0.1, 0.15) is 6.21 Å². The Morgan fingerprint density at radius 1 is 1.36 bits per heavy atom. The second-order valence-electron chi connectivity index (χ2n) is 1.89. The molecule has 1 aromatic rings. The second kappa shape index (κ2) is 3.46. The Hall–Kier alpha value is -1.71. The number of nitrogens with zero attached hydrogens (tertiary/aromatic N) is 2. The Morgan fingerprint density at radius 3 is 2.55 bits per heavy atom. The van der Waals surface area contributed by atoms with E-state index < -0.39 is 5.03 Å². The van der Waals surface area contributed by atoms with E-state index in [2.05, 4.69) is 5.10 Å². The van der Waals surface area contributed by atoms with E-state index >= 15 is 0 Å². The van der Waals surface area contributed by atoms with Crippen LogP contribution in [0.5, 0.6) is 0 Å². The van der Waals surface area contributed by atoms with Gasteiger partial charge in [0.05, 0.1) is 5.10 Å². The monoisotopic (exact) mass is 150 g/mol. The molecule has 0 N–H and O–H groups in total. The van der Waals surface area contributed by atoms with Crippen molar-refractivity contribution in [2.45, 2.75) is 0 Å². The van der Waals surface area contributed by atoms with E-state index in [-0.39, 0.29) is 0 Å². The molecule has 0 radical (unpaired) electrons. The Kier molecular flexibility index (Phi) is 2.32. The fraction of sp³-hybridized carbons (Fsp3) is 0. The average molecular weight is 150 g/mol. The highest BCUT2D eigenvalue weighted by Gasteiger charge is 1.87. The van der Waals surface area contributed by atoms with Crippen LogP contribution in [0.2, 0.25) is 0 Å². The SMILES string of the molecule is O=[N+]([O-])N=Cc1ccccc1. The maximum absolute atomic E-state index is 9.78. The molecule has 56 valence electrons. The van der Waals surface area contributed by atoms with Crippen LogP contribution in [-0.2, 0) is 0 Å². The van der Waals surface area contributed by atoms with Crippen molar-refractivity contribution in [1.29, 1.82) is 0 Å². The lowest BCUT2D eigenvalue weighted by Gasteiger charge is -1.85. The molecule has 0 saturated carbocycles. The molecular formula is C7H6N2O2. The molecule has 1 rings (SSSR count). The van der Waals surface area contributed by atoms with Crippen LogP contribution in [-0.4, -0.2) is 11.2 Å². The topological polar surface area (TPSA) is 55.5 Å². The molecular weight excluding hydrogens is 144 g/mol. The minimum Gasteiger partial charge on any atom is -0.233 e. The first-order chi connectivity index (χ1) is 5.29.